The zero-order valence-corrected chi connectivity index (χ0v) is 9.71. The van der Waals surface area contributed by atoms with Gasteiger partial charge in [-0.25, -0.2) is 4.39 Å². The molecule has 0 unspecified atom stereocenters. The smallest absolute Gasteiger partial charge is 0.147 e. The van der Waals surface area contributed by atoms with Crippen molar-refractivity contribution < 1.29 is 4.39 Å². The van der Waals surface area contributed by atoms with Crippen LogP contribution in [0.4, 0.5) is 10.1 Å². The van der Waals surface area contributed by atoms with E-state index in [0.29, 0.717) is 5.69 Å². The minimum atomic E-state index is -0.213. The average Bonchev–Trinajstić information content (AvgIpc) is 2.09. The van der Waals surface area contributed by atoms with Crippen molar-refractivity contribution in [1.82, 2.24) is 0 Å². The minimum absolute atomic E-state index is 0.213. The van der Waals surface area contributed by atoms with E-state index in [2.05, 4.69) is 21.2 Å². The third-order valence-corrected chi connectivity index (χ3v) is 2.66. The highest BCUT2D eigenvalue weighted by Gasteiger charge is 2.00. The van der Waals surface area contributed by atoms with Gasteiger partial charge in [0.25, 0.3) is 0 Å². The predicted octanol–water partition coefficient (Wildman–Crippen LogP) is 3.36. The molecule has 72 valence electrons. The highest BCUT2D eigenvalue weighted by atomic mass is 79.9. The number of halogens is 2. The average molecular weight is 264 g/mol. The zero-order valence-electron chi connectivity index (χ0n) is 7.31. The van der Waals surface area contributed by atoms with Gasteiger partial charge in [0.15, 0.2) is 0 Å². The maximum absolute atomic E-state index is 13.2. The lowest BCUT2D eigenvalue weighted by Crippen LogP contribution is -2.05. The SMILES string of the molecule is CSCCNc1ccc(Br)cc1F. The van der Waals surface area contributed by atoms with Crippen molar-refractivity contribution in [3.05, 3.63) is 28.5 Å². The molecule has 0 bridgehead atoms. The van der Waals surface area contributed by atoms with Crippen molar-refractivity contribution in [1.29, 1.82) is 0 Å². The van der Waals surface area contributed by atoms with Crippen LogP contribution in [0.25, 0.3) is 0 Å². The lowest BCUT2D eigenvalue weighted by molar-refractivity contribution is 0.630. The largest absolute Gasteiger partial charge is 0.382 e. The summed E-state index contributed by atoms with van der Waals surface area (Å²) in [5, 5.41) is 3.02. The summed E-state index contributed by atoms with van der Waals surface area (Å²) in [5.74, 6) is 0.769. The van der Waals surface area contributed by atoms with E-state index >= 15 is 0 Å². The summed E-state index contributed by atoms with van der Waals surface area (Å²) in [7, 11) is 0. The Kier molecular flexibility index (Phi) is 4.59. The molecular formula is C9H11BrFNS. The van der Waals surface area contributed by atoms with Gasteiger partial charge in [0, 0.05) is 16.8 Å². The van der Waals surface area contributed by atoms with Crippen molar-refractivity contribution in [3.8, 4) is 0 Å². The van der Waals surface area contributed by atoms with Gasteiger partial charge in [-0.1, -0.05) is 15.9 Å². The molecule has 0 heterocycles. The summed E-state index contributed by atoms with van der Waals surface area (Å²) in [6.07, 6.45) is 2.03. The van der Waals surface area contributed by atoms with Crippen LogP contribution >= 0.6 is 27.7 Å². The summed E-state index contributed by atoms with van der Waals surface area (Å²) < 4.78 is 13.9. The Bertz CT molecular complexity index is 280. The Balaban J connectivity index is 2.56. The Morgan fingerprint density at radius 2 is 2.31 bits per heavy atom. The van der Waals surface area contributed by atoms with Crippen LogP contribution in [-0.4, -0.2) is 18.6 Å². The zero-order chi connectivity index (χ0) is 9.68. The van der Waals surface area contributed by atoms with Gasteiger partial charge in [-0.05, 0) is 24.5 Å². The molecule has 0 aliphatic heterocycles. The first-order valence-corrected chi connectivity index (χ1v) is 6.10. The van der Waals surface area contributed by atoms with Crippen molar-refractivity contribution in [3.63, 3.8) is 0 Å². The van der Waals surface area contributed by atoms with Gasteiger partial charge < -0.3 is 5.32 Å². The van der Waals surface area contributed by atoms with Crippen molar-refractivity contribution >= 4 is 33.4 Å². The van der Waals surface area contributed by atoms with E-state index in [1.165, 1.54) is 6.07 Å². The number of hydrogen-bond acceptors (Lipinski definition) is 2. The summed E-state index contributed by atoms with van der Waals surface area (Å²) >= 11 is 4.94. The molecule has 0 aromatic heterocycles. The van der Waals surface area contributed by atoms with Crippen molar-refractivity contribution in [2.75, 3.05) is 23.9 Å². The van der Waals surface area contributed by atoms with E-state index in [9.17, 15) is 4.39 Å². The number of rotatable bonds is 4. The number of benzene rings is 1. The fourth-order valence-electron chi connectivity index (χ4n) is 0.921. The maximum atomic E-state index is 13.2. The Morgan fingerprint density at radius 1 is 1.54 bits per heavy atom. The van der Waals surface area contributed by atoms with Gasteiger partial charge in [0.05, 0.1) is 5.69 Å². The van der Waals surface area contributed by atoms with Crippen LogP contribution < -0.4 is 5.32 Å². The standard InChI is InChI=1S/C9H11BrFNS/c1-13-5-4-12-9-3-2-7(10)6-8(9)11/h2-3,6,12H,4-5H2,1H3. The van der Waals surface area contributed by atoms with E-state index < -0.39 is 0 Å². The Hall–Kier alpha value is -0.220. The van der Waals surface area contributed by atoms with Gasteiger partial charge in [-0.2, -0.15) is 11.8 Å². The summed E-state index contributed by atoms with van der Waals surface area (Å²) in [6, 6.07) is 5.02. The molecule has 0 saturated heterocycles. The van der Waals surface area contributed by atoms with Crippen molar-refractivity contribution in [2.45, 2.75) is 0 Å². The fraction of sp³-hybridized carbons (Fsp3) is 0.333. The Labute approximate surface area is 90.2 Å². The number of anilines is 1. The van der Waals surface area contributed by atoms with E-state index in [-0.39, 0.29) is 5.82 Å². The predicted molar refractivity (Wildman–Crippen MR) is 61.0 cm³/mol. The van der Waals surface area contributed by atoms with Crippen LogP contribution in [0.15, 0.2) is 22.7 Å². The normalized spacial score (nSPS) is 10.1. The van der Waals surface area contributed by atoms with E-state index in [1.807, 2.05) is 12.3 Å². The number of thioether (sulfide) groups is 1. The quantitative estimate of drug-likeness (QED) is 0.837. The summed E-state index contributed by atoms with van der Waals surface area (Å²) in [5.41, 5.74) is 0.567. The molecule has 0 saturated carbocycles. The lowest BCUT2D eigenvalue weighted by atomic mass is 10.3. The Morgan fingerprint density at radius 3 is 2.92 bits per heavy atom. The van der Waals surface area contributed by atoms with Crippen LogP contribution in [0.3, 0.4) is 0 Å². The molecule has 0 spiro atoms. The molecule has 1 N–H and O–H groups in total. The minimum Gasteiger partial charge on any atom is -0.382 e. The van der Waals surface area contributed by atoms with E-state index in [0.717, 1.165) is 16.8 Å². The maximum Gasteiger partial charge on any atom is 0.147 e. The number of nitrogens with one attached hydrogen (secondary N) is 1. The van der Waals surface area contributed by atoms with Gasteiger partial charge in [0.2, 0.25) is 0 Å². The molecule has 13 heavy (non-hydrogen) atoms. The van der Waals surface area contributed by atoms with Gasteiger partial charge in [-0.15, -0.1) is 0 Å². The van der Waals surface area contributed by atoms with Crippen LogP contribution in [0.1, 0.15) is 0 Å². The van der Waals surface area contributed by atoms with Crippen LogP contribution in [0.2, 0.25) is 0 Å². The van der Waals surface area contributed by atoms with Crippen molar-refractivity contribution in [2.24, 2.45) is 0 Å². The molecule has 0 atom stereocenters. The third-order valence-electron chi connectivity index (χ3n) is 1.55. The molecule has 1 aromatic rings. The number of hydrogen-bond donors (Lipinski definition) is 1. The highest BCUT2D eigenvalue weighted by Crippen LogP contribution is 2.19. The molecule has 0 radical (unpaired) electrons. The van der Waals surface area contributed by atoms with Gasteiger partial charge in [-0.3, -0.25) is 0 Å². The van der Waals surface area contributed by atoms with E-state index in [4.69, 9.17) is 0 Å². The molecule has 1 nitrogen and oxygen atoms in total. The molecule has 0 aliphatic carbocycles. The van der Waals surface area contributed by atoms with Gasteiger partial charge >= 0.3 is 0 Å². The van der Waals surface area contributed by atoms with Gasteiger partial charge in [0.1, 0.15) is 5.82 Å². The lowest BCUT2D eigenvalue weighted by Gasteiger charge is -2.06. The van der Waals surface area contributed by atoms with E-state index in [1.54, 1.807) is 17.8 Å². The summed E-state index contributed by atoms with van der Waals surface area (Å²) in [6.45, 7) is 0.791. The highest BCUT2D eigenvalue weighted by molar-refractivity contribution is 9.10. The second-order valence-electron chi connectivity index (χ2n) is 2.54. The van der Waals surface area contributed by atoms with Crippen LogP contribution in [0.5, 0.6) is 0 Å². The molecule has 0 amide bonds. The first-order valence-electron chi connectivity index (χ1n) is 3.92. The molecule has 0 aliphatic rings. The van der Waals surface area contributed by atoms with Crippen LogP contribution in [0, 0.1) is 5.82 Å². The second kappa shape index (κ2) is 5.50. The molecule has 1 aromatic carbocycles. The molecule has 4 heteroatoms. The van der Waals surface area contributed by atoms with Crippen LogP contribution in [-0.2, 0) is 0 Å². The monoisotopic (exact) mass is 263 g/mol. The molecular weight excluding hydrogens is 253 g/mol. The first kappa shape index (κ1) is 10.9. The first-order chi connectivity index (χ1) is 6.24. The molecule has 0 fully saturated rings. The summed E-state index contributed by atoms with van der Waals surface area (Å²) in [4.78, 5) is 0. The molecule has 1 rings (SSSR count). The third kappa shape index (κ3) is 3.56. The topological polar surface area (TPSA) is 12.0 Å². The second-order valence-corrected chi connectivity index (χ2v) is 4.45. The fourth-order valence-corrected chi connectivity index (χ4v) is 1.56.